The molecule has 0 saturated carbocycles. The maximum Gasteiger partial charge on any atom is 0.508 e. The molecule has 0 aromatic rings. The molecule has 3 heteroatoms. The zero-order valence-electron chi connectivity index (χ0n) is 10.4. The van der Waals surface area contributed by atoms with Gasteiger partial charge >= 0.3 is 6.16 Å². The molecule has 94 valence electrons. The Morgan fingerprint density at radius 1 is 1.41 bits per heavy atom. The standard InChI is InChI=1S/C14H20O3/c1-12(2)7-6-10-16-14(15)17-11-13-8-4-3-5-9-13/h4,8-9H,1,3,5-7,10-11H2,2H3. The van der Waals surface area contributed by atoms with Crippen molar-refractivity contribution in [3.05, 3.63) is 36.0 Å². The maximum absolute atomic E-state index is 11.2. The summed E-state index contributed by atoms with van der Waals surface area (Å²) in [6.07, 6.45) is 9.31. The highest BCUT2D eigenvalue weighted by Crippen LogP contribution is 2.10. The Morgan fingerprint density at radius 3 is 2.88 bits per heavy atom. The van der Waals surface area contributed by atoms with Crippen LogP contribution in [0.2, 0.25) is 0 Å². The fourth-order valence-corrected chi connectivity index (χ4v) is 1.49. The first-order valence-corrected chi connectivity index (χ1v) is 5.98. The first-order valence-electron chi connectivity index (χ1n) is 5.98. The van der Waals surface area contributed by atoms with Crippen molar-refractivity contribution in [2.75, 3.05) is 13.2 Å². The fourth-order valence-electron chi connectivity index (χ4n) is 1.49. The lowest BCUT2D eigenvalue weighted by Crippen LogP contribution is -2.10. The predicted octanol–water partition coefficient (Wildman–Crippen LogP) is 3.77. The number of hydrogen-bond acceptors (Lipinski definition) is 3. The van der Waals surface area contributed by atoms with E-state index in [1.807, 2.05) is 13.0 Å². The first-order chi connectivity index (χ1) is 8.18. The van der Waals surface area contributed by atoms with Crippen molar-refractivity contribution in [2.24, 2.45) is 0 Å². The Morgan fingerprint density at radius 2 is 2.24 bits per heavy atom. The number of ether oxygens (including phenoxy) is 2. The molecule has 1 aliphatic carbocycles. The average Bonchev–Trinajstić information content (AvgIpc) is 2.33. The molecule has 0 N–H and O–H groups in total. The van der Waals surface area contributed by atoms with Gasteiger partial charge in [0.2, 0.25) is 0 Å². The van der Waals surface area contributed by atoms with Crippen molar-refractivity contribution in [1.82, 2.24) is 0 Å². The Bertz CT molecular complexity index is 326. The molecule has 17 heavy (non-hydrogen) atoms. The van der Waals surface area contributed by atoms with Crippen LogP contribution in [-0.2, 0) is 9.47 Å². The van der Waals surface area contributed by atoms with E-state index in [4.69, 9.17) is 9.47 Å². The summed E-state index contributed by atoms with van der Waals surface area (Å²) in [5, 5.41) is 0. The second-order valence-corrected chi connectivity index (χ2v) is 4.21. The summed E-state index contributed by atoms with van der Waals surface area (Å²) in [5.74, 6) is 0. The fraction of sp³-hybridized carbons (Fsp3) is 0.500. The van der Waals surface area contributed by atoms with Gasteiger partial charge in [-0.25, -0.2) is 4.79 Å². The lowest BCUT2D eigenvalue weighted by molar-refractivity contribution is 0.0612. The SMILES string of the molecule is C=C(C)CCCOC(=O)OCC1=CCCC=C1. The van der Waals surface area contributed by atoms with Crippen LogP contribution in [0, 0.1) is 0 Å². The van der Waals surface area contributed by atoms with Gasteiger partial charge in [0.1, 0.15) is 6.61 Å². The van der Waals surface area contributed by atoms with Crippen molar-refractivity contribution in [3.8, 4) is 0 Å². The highest BCUT2D eigenvalue weighted by Gasteiger charge is 2.05. The van der Waals surface area contributed by atoms with E-state index in [0.29, 0.717) is 13.2 Å². The zero-order valence-corrected chi connectivity index (χ0v) is 10.4. The van der Waals surface area contributed by atoms with Crippen molar-refractivity contribution >= 4 is 6.16 Å². The molecule has 0 saturated heterocycles. The van der Waals surface area contributed by atoms with E-state index in [9.17, 15) is 4.79 Å². The van der Waals surface area contributed by atoms with Gasteiger partial charge in [-0.05, 0) is 38.2 Å². The normalized spacial score (nSPS) is 14.1. The van der Waals surface area contributed by atoms with Crippen molar-refractivity contribution in [1.29, 1.82) is 0 Å². The summed E-state index contributed by atoms with van der Waals surface area (Å²) >= 11 is 0. The minimum absolute atomic E-state index is 0.301. The monoisotopic (exact) mass is 236 g/mol. The molecule has 0 unspecified atom stereocenters. The molecular formula is C14H20O3. The molecule has 0 heterocycles. The molecule has 0 bridgehead atoms. The van der Waals surface area contributed by atoms with Crippen LogP contribution in [-0.4, -0.2) is 19.4 Å². The van der Waals surface area contributed by atoms with Gasteiger partial charge in [0.15, 0.2) is 0 Å². The zero-order chi connectivity index (χ0) is 12.5. The average molecular weight is 236 g/mol. The van der Waals surface area contributed by atoms with E-state index in [-0.39, 0.29) is 0 Å². The van der Waals surface area contributed by atoms with Gasteiger partial charge in [-0.15, -0.1) is 6.58 Å². The maximum atomic E-state index is 11.2. The van der Waals surface area contributed by atoms with Gasteiger partial charge < -0.3 is 9.47 Å². The third kappa shape index (κ3) is 6.61. The van der Waals surface area contributed by atoms with Gasteiger partial charge in [-0.2, -0.15) is 0 Å². The Hall–Kier alpha value is -1.51. The van der Waals surface area contributed by atoms with Crippen LogP contribution in [0.15, 0.2) is 36.0 Å². The quantitative estimate of drug-likeness (QED) is 0.400. The molecule has 0 amide bonds. The van der Waals surface area contributed by atoms with Gasteiger partial charge in [-0.3, -0.25) is 0 Å². The van der Waals surface area contributed by atoms with E-state index < -0.39 is 6.16 Å². The van der Waals surface area contributed by atoms with Crippen LogP contribution < -0.4 is 0 Å². The third-order valence-electron chi connectivity index (χ3n) is 2.40. The second-order valence-electron chi connectivity index (χ2n) is 4.21. The third-order valence-corrected chi connectivity index (χ3v) is 2.40. The molecule has 1 rings (SSSR count). The number of allylic oxidation sites excluding steroid dienone is 3. The number of carbonyl (C=O) groups is 1. The van der Waals surface area contributed by atoms with Crippen LogP contribution in [0.3, 0.4) is 0 Å². The van der Waals surface area contributed by atoms with Crippen LogP contribution in [0.1, 0.15) is 32.6 Å². The lowest BCUT2D eigenvalue weighted by atomic mass is 10.1. The molecule has 0 aliphatic heterocycles. The Kier molecular flexibility index (Phi) is 6.15. The highest BCUT2D eigenvalue weighted by molar-refractivity contribution is 5.60. The predicted molar refractivity (Wildman–Crippen MR) is 67.8 cm³/mol. The lowest BCUT2D eigenvalue weighted by Gasteiger charge is -2.08. The second kappa shape index (κ2) is 7.71. The number of hydrogen-bond donors (Lipinski definition) is 0. The Labute approximate surface area is 103 Å². The Balaban J connectivity index is 2.07. The molecular weight excluding hydrogens is 216 g/mol. The number of carbonyl (C=O) groups excluding carboxylic acids is 1. The summed E-state index contributed by atoms with van der Waals surface area (Å²) in [4.78, 5) is 11.2. The minimum atomic E-state index is -0.591. The van der Waals surface area contributed by atoms with Crippen LogP contribution in [0.5, 0.6) is 0 Å². The molecule has 0 fully saturated rings. The van der Waals surface area contributed by atoms with Gasteiger partial charge in [0.25, 0.3) is 0 Å². The summed E-state index contributed by atoms with van der Waals surface area (Å²) in [6.45, 7) is 6.43. The summed E-state index contributed by atoms with van der Waals surface area (Å²) in [5.41, 5.74) is 2.13. The van der Waals surface area contributed by atoms with Gasteiger partial charge in [-0.1, -0.05) is 23.8 Å². The van der Waals surface area contributed by atoms with E-state index in [1.54, 1.807) is 0 Å². The molecule has 0 aromatic carbocycles. The molecule has 0 radical (unpaired) electrons. The van der Waals surface area contributed by atoms with Crippen LogP contribution in [0.25, 0.3) is 0 Å². The molecule has 3 nitrogen and oxygen atoms in total. The molecule has 1 aliphatic rings. The van der Waals surface area contributed by atoms with E-state index in [1.165, 1.54) is 0 Å². The largest absolute Gasteiger partial charge is 0.508 e. The van der Waals surface area contributed by atoms with Crippen molar-refractivity contribution < 1.29 is 14.3 Å². The summed E-state index contributed by atoms with van der Waals surface area (Å²) < 4.78 is 9.92. The van der Waals surface area contributed by atoms with Crippen molar-refractivity contribution in [3.63, 3.8) is 0 Å². The van der Waals surface area contributed by atoms with E-state index >= 15 is 0 Å². The van der Waals surface area contributed by atoms with E-state index in [0.717, 1.165) is 36.8 Å². The van der Waals surface area contributed by atoms with Crippen LogP contribution in [0.4, 0.5) is 4.79 Å². The van der Waals surface area contributed by atoms with Gasteiger partial charge in [0.05, 0.1) is 6.61 Å². The number of rotatable bonds is 6. The summed E-state index contributed by atoms with van der Waals surface area (Å²) in [7, 11) is 0. The molecule has 0 aromatic heterocycles. The van der Waals surface area contributed by atoms with E-state index in [2.05, 4.69) is 18.7 Å². The van der Waals surface area contributed by atoms with Crippen LogP contribution >= 0.6 is 0 Å². The first kappa shape index (κ1) is 13.6. The minimum Gasteiger partial charge on any atom is -0.434 e. The molecule has 0 atom stereocenters. The topological polar surface area (TPSA) is 35.5 Å². The molecule has 0 spiro atoms. The van der Waals surface area contributed by atoms with Crippen molar-refractivity contribution in [2.45, 2.75) is 32.6 Å². The smallest absolute Gasteiger partial charge is 0.434 e. The highest BCUT2D eigenvalue weighted by atomic mass is 16.7. The summed E-state index contributed by atoms with van der Waals surface area (Å²) in [6, 6.07) is 0. The van der Waals surface area contributed by atoms with Gasteiger partial charge in [0, 0.05) is 0 Å².